The van der Waals surface area contributed by atoms with Crippen molar-refractivity contribution >= 4 is 50.7 Å². The third-order valence-corrected chi connectivity index (χ3v) is 7.69. The average molecular weight is 543 g/mol. The van der Waals surface area contributed by atoms with E-state index in [-0.39, 0.29) is 34.2 Å². The number of amides is 2. The number of carbonyl (C=O) groups is 2. The second-order valence-corrected chi connectivity index (χ2v) is 11.1. The average Bonchev–Trinajstić information content (AvgIpc) is 2.81. The second-order valence-electron chi connectivity index (χ2n) is 8.41. The molecule has 0 aliphatic rings. The Labute approximate surface area is 218 Å². The molecule has 2 amide bonds. The molecule has 0 radical (unpaired) electrons. The molecule has 0 saturated carbocycles. The first-order chi connectivity index (χ1) is 16.5. The quantitative estimate of drug-likeness (QED) is 0.427. The summed E-state index contributed by atoms with van der Waals surface area (Å²) in [6, 6.07) is 13.4. The third-order valence-electron chi connectivity index (χ3n) is 5.75. The minimum Gasteiger partial charge on any atom is -0.352 e. The number of sulfonamides is 1. The van der Waals surface area contributed by atoms with Gasteiger partial charge >= 0.3 is 0 Å². The Kier molecular flexibility index (Phi) is 10.9. The van der Waals surface area contributed by atoms with Crippen LogP contribution in [-0.4, -0.2) is 56.6 Å². The number of halogens is 2. The number of benzene rings is 2. The Balaban J connectivity index is 2.40. The summed E-state index contributed by atoms with van der Waals surface area (Å²) in [5.74, 6) is -0.775. The Bertz CT molecular complexity index is 1110. The van der Waals surface area contributed by atoms with E-state index in [0.717, 1.165) is 22.5 Å². The van der Waals surface area contributed by atoms with E-state index in [0.29, 0.717) is 12.8 Å². The summed E-state index contributed by atoms with van der Waals surface area (Å²) >= 11 is 12.4. The van der Waals surface area contributed by atoms with Crippen LogP contribution in [0.25, 0.3) is 0 Å². The Morgan fingerprint density at radius 1 is 1.00 bits per heavy atom. The van der Waals surface area contributed by atoms with Crippen molar-refractivity contribution in [1.82, 2.24) is 10.2 Å². The van der Waals surface area contributed by atoms with E-state index in [2.05, 4.69) is 5.32 Å². The summed E-state index contributed by atoms with van der Waals surface area (Å²) < 4.78 is 26.3. The van der Waals surface area contributed by atoms with Crippen LogP contribution < -0.4 is 9.62 Å². The van der Waals surface area contributed by atoms with E-state index >= 15 is 0 Å². The summed E-state index contributed by atoms with van der Waals surface area (Å²) in [5.41, 5.74) is 1.11. The Morgan fingerprint density at radius 3 is 2.23 bits per heavy atom. The zero-order valence-corrected chi connectivity index (χ0v) is 22.8. The highest BCUT2D eigenvalue weighted by molar-refractivity contribution is 7.92. The number of anilines is 1. The van der Waals surface area contributed by atoms with Gasteiger partial charge in [-0.05, 0) is 43.9 Å². The Hall–Kier alpha value is -2.29. The van der Waals surface area contributed by atoms with Gasteiger partial charge in [0.25, 0.3) is 0 Å². The third kappa shape index (κ3) is 8.12. The lowest BCUT2D eigenvalue weighted by molar-refractivity contribution is -0.139. The van der Waals surface area contributed by atoms with E-state index < -0.39 is 28.5 Å². The summed E-state index contributed by atoms with van der Waals surface area (Å²) in [5, 5.41) is 3.15. The molecule has 2 aromatic carbocycles. The van der Waals surface area contributed by atoms with E-state index in [1.54, 1.807) is 6.07 Å². The normalized spacial score (nSPS) is 13.1. The van der Waals surface area contributed by atoms with Gasteiger partial charge in [0.05, 0.1) is 22.0 Å². The van der Waals surface area contributed by atoms with Gasteiger partial charge in [0.15, 0.2) is 0 Å². The molecule has 1 N–H and O–H groups in total. The van der Waals surface area contributed by atoms with Gasteiger partial charge in [-0.3, -0.25) is 13.9 Å². The Morgan fingerprint density at radius 2 is 1.66 bits per heavy atom. The van der Waals surface area contributed by atoms with E-state index in [1.807, 2.05) is 51.1 Å². The van der Waals surface area contributed by atoms with Crippen molar-refractivity contribution in [3.8, 4) is 0 Å². The van der Waals surface area contributed by atoms with Gasteiger partial charge in [-0.1, -0.05) is 73.4 Å². The molecule has 35 heavy (non-hydrogen) atoms. The zero-order valence-electron chi connectivity index (χ0n) is 20.5. The molecule has 0 aliphatic carbocycles. The van der Waals surface area contributed by atoms with Gasteiger partial charge in [-0.2, -0.15) is 0 Å². The van der Waals surface area contributed by atoms with Gasteiger partial charge in [0.1, 0.15) is 12.6 Å². The van der Waals surface area contributed by atoms with Crippen LogP contribution in [0.4, 0.5) is 5.69 Å². The highest BCUT2D eigenvalue weighted by Crippen LogP contribution is 2.33. The fraction of sp³-hybridized carbons (Fsp3) is 0.440. The summed E-state index contributed by atoms with van der Waals surface area (Å²) in [6.45, 7) is 5.42. The van der Waals surface area contributed by atoms with Crippen molar-refractivity contribution in [2.75, 3.05) is 23.7 Å². The highest BCUT2D eigenvalue weighted by Gasteiger charge is 2.32. The summed E-state index contributed by atoms with van der Waals surface area (Å²) in [7, 11) is -3.89. The van der Waals surface area contributed by atoms with Gasteiger partial charge in [-0.15, -0.1) is 0 Å². The molecule has 192 valence electrons. The van der Waals surface area contributed by atoms with E-state index in [4.69, 9.17) is 23.2 Å². The van der Waals surface area contributed by atoms with Gasteiger partial charge in [0.2, 0.25) is 21.8 Å². The highest BCUT2D eigenvalue weighted by atomic mass is 35.5. The van der Waals surface area contributed by atoms with Crippen LogP contribution in [0, 0.1) is 0 Å². The lowest BCUT2D eigenvalue weighted by Crippen LogP contribution is -2.54. The van der Waals surface area contributed by atoms with Crippen LogP contribution in [-0.2, 0) is 26.0 Å². The number of carbonyl (C=O) groups excluding carboxylic acids is 2. The number of nitrogens with zero attached hydrogens (tertiary/aromatic N) is 2. The maximum atomic E-state index is 13.6. The first-order valence-corrected chi connectivity index (χ1v) is 14.1. The van der Waals surface area contributed by atoms with Crippen molar-refractivity contribution in [1.29, 1.82) is 0 Å². The first kappa shape index (κ1) is 28.9. The smallest absolute Gasteiger partial charge is 0.244 e. The molecule has 0 spiro atoms. The van der Waals surface area contributed by atoms with E-state index in [9.17, 15) is 18.0 Å². The van der Waals surface area contributed by atoms with Crippen molar-refractivity contribution in [2.45, 2.75) is 52.1 Å². The molecule has 0 heterocycles. The molecule has 0 aromatic heterocycles. The van der Waals surface area contributed by atoms with Crippen molar-refractivity contribution in [3.63, 3.8) is 0 Å². The van der Waals surface area contributed by atoms with Crippen LogP contribution in [0.5, 0.6) is 0 Å². The van der Waals surface area contributed by atoms with Gasteiger partial charge < -0.3 is 10.2 Å². The second kappa shape index (κ2) is 13.1. The minimum absolute atomic E-state index is 0.0322. The maximum absolute atomic E-state index is 13.6. The molecular weight excluding hydrogens is 509 g/mol. The van der Waals surface area contributed by atoms with Crippen LogP contribution in [0.2, 0.25) is 10.0 Å². The monoisotopic (exact) mass is 541 g/mol. The lowest BCUT2D eigenvalue weighted by atomic mass is 10.1. The van der Waals surface area contributed by atoms with Crippen molar-refractivity contribution in [2.24, 2.45) is 0 Å². The van der Waals surface area contributed by atoms with Crippen LogP contribution >= 0.6 is 23.2 Å². The largest absolute Gasteiger partial charge is 0.352 e. The van der Waals surface area contributed by atoms with E-state index in [1.165, 1.54) is 17.0 Å². The van der Waals surface area contributed by atoms with Crippen LogP contribution in [0.3, 0.4) is 0 Å². The maximum Gasteiger partial charge on any atom is 0.244 e. The first-order valence-electron chi connectivity index (χ1n) is 11.5. The molecule has 2 atom stereocenters. The summed E-state index contributed by atoms with van der Waals surface area (Å²) in [4.78, 5) is 28.2. The molecule has 7 nitrogen and oxygen atoms in total. The molecule has 0 saturated heterocycles. The number of rotatable bonds is 12. The molecule has 2 rings (SSSR count). The summed E-state index contributed by atoms with van der Waals surface area (Å²) in [6.07, 6.45) is 2.63. The van der Waals surface area contributed by atoms with Gasteiger partial charge in [-0.25, -0.2) is 8.42 Å². The molecule has 0 unspecified atom stereocenters. The van der Waals surface area contributed by atoms with Crippen LogP contribution in [0.1, 0.15) is 39.2 Å². The molecule has 10 heteroatoms. The topological polar surface area (TPSA) is 86.8 Å². The molecule has 0 bridgehead atoms. The van der Waals surface area contributed by atoms with Crippen LogP contribution in [0.15, 0.2) is 48.5 Å². The predicted octanol–water partition coefficient (Wildman–Crippen LogP) is 4.52. The minimum atomic E-state index is -3.89. The fourth-order valence-electron chi connectivity index (χ4n) is 3.62. The molecule has 0 fully saturated rings. The standard InChI is InChI=1S/C25H33Cl2N3O4S/c1-5-18(3)28-25(32)21(6-2)29(16-15-19-11-8-7-9-12-19)23(31)17-30(35(4,33)34)22-14-10-13-20(26)24(22)27/h7-14,18,21H,5-6,15-17H2,1-4H3,(H,28,32)/t18-,21-/m0/s1. The fourth-order valence-corrected chi connectivity index (χ4v) is 4.92. The van der Waals surface area contributed by atoms with Gasteiger partial charge in [0, 0.05) is 12.6 Å². The number of nitrogens with one attached hydrogen (secondary N) is 1. The van der Waals surface area contributed by atoms with Crippen molar-refractivity contribution in [3.05, 3.63) is 64.1 Å². The molecular formula is C25H33Cl2N3O4S. The lowest BCUT2D eigenvalue weighted by Gasteiger charge is -2.33. The van der Waals surface area contributed by atoms with Crippen molar-refractivity contribution < 1.29 is 18.0 Å². The number of hydrogen-bond acceptors (Lipinski definition) is 4. The molecule has 2 aromatic rings. The predicted molar refractivity (Wildman–Crippen MR) is 142 cm³/mol. The zero-order chi connectivity index (χ0) is 26.2. The SMILES string of the molecule is CC[C@H](C)NC(=O)[C@H](CC)N(CCc1ccccc1)C(=O)CN(c1cccc(Cl)c1Cl)S(C)(=O)=O. The molecule has 0 aliphatic heterocycles. The number of hydrogen-bond donors (Lipinski definition) is 1.